The zero-order chi connectivity index (χ0) is 18.4. The molecule has 26 heavy (non-hydrogen) atoms. The Balaban J connectivity index is 1.50. The number of pyridine rings is 1. The molecule has 0 aliphatic carbocycles. The first-order valence-electron chi connectivity index (χ1n) is 8.58. The number of hydrogen-bond donors (Lipinski definition) is 1. The van der Waals surface area contributed by atoms with Crippen molar-refractivity contribution in [3.8, 4) is 0 Å². The van der Waals surface area contributed by atoms with Crippen LogP contribution in [0.2, 0.25) is 0 Å². The Morgan fingerprint density at radius 3 is 2.62 bits per heavy atom. The first-order valence-corrected chi connectivity index (χ1v) is 8.58. The highest BCUT2D eigenvalue weighted by Gasteiger charge is 2.12. The number of anilines is 1. The standard InChI is InChI=1S/C20H21FN4O/c1-15(17-2-4-18(21)5-3-17)14-20(26)23-19-9-13-25(24-19)12-8-16-6-10-22-11-7-16/h2-7,9-11,13,15H,8,12,14H2,1H3,(H,23,24,26)/t15-/m1/s1. The first kappa shape index (κ1) is 17.8. The zero-order valence-corrected chi connectivity index (χ0v) is 14.6. The SMILES string of the molecule is C[C@H](CC(=O)Nc1ccn(CCc2ccncc2)n1)c1ccc(F)cc1. The third-order valence-electron chi connectivity index (χ3n) is 4.22. The molecule has 3 rings (SSSR count). The number of aryl methyl sites for hydroxylation is 2. The van der Waals surface area contributed by atoms with E-state index in [2.05, 4.69) is 15.4 Å². The summed E-state index contributed by atoms with van der Waals surface area (Å²) in [7, 11) is 0. The Kier molecular flexibility index (Phi) is 5.73. The van der Waals surface area contributed by atoms with Crippen molar-refractivity contribution < 1.29 is 9.18 Å². The van der Waals surface area contributed by atoms with Crippen molar-refractivity contribution in [2.45, 2.75) is 32.2 Å². The third-order valence-corrected chi connectivity index (χ3v) is 4.22. The smallest absolute Gasteiger partial charge is 0.226 e. The summed E-state index contributed by atoms with van der Waals surface area (Å²) in [5.41, 5.74) is 2.12. The number of carbonyl (C=O) groups excluding carboxylic acids is 1. The molecule has 0 saturated carbocycles. The van der Waals surface area contributed by atoms with Crippen LogP contribution in [0, 0.1) is 5.82 Å². The Morgan fingerprint density at radius 2 is 1.88 bits per heavy atom. The van der Waals surface area contributed by atoms with Crippen LogP contribution in [-0.2, 0) is 17.8 Å². The fraction of sp³-hybridized carbons (Fsp3) is 0.250. The number of nitrogens with zero attached hydrogens (tertiary/aromatic N) is 3. The molecule has 0 spiro atoms. The quantitative estimate of drug-likeness (QED) is 0.704. The van der Waals surface area contributed by atoms with E-state index >= 15 is 0 Å². The van der Waals surface area contributed by atoms with Gasteiger partial charge < -0.3 is 5.32 Å². The number of hydrogen-bond acceptors (Lipinski definition) is 3. The fourth-order valence-electron chi connectivity index (χ4n) is 2.73. The lowest BCUT2D eigenvalue weighted by Crippen LogP contribution is -2.15. The summed E-state index contributed by atoms with van der Waals surface area (Å²) in [5, 5.41) is 7.19. The van der Waals surface area contributed by atoms with Crippen LogP contribution < -0.4 is 5.32 Å². The van der Waals surface area contributed by atoms with Gasteiger partial charge in [-0.05, 0) is 47.7 Å². The molecule has 0 radical (unpaired) electrons. The Morgan fingerprint density at radius 1 is 1.15 bits per heavy atom. The predicted octanol–water partition coefficient (Wildman–Crippen LogP) is 3.79. The maximum absolute atomic E-state index is 13.0. The van der Waals surface area contributed by atoms with Gasteiger partial charge in [0.15, 0.2) is 5.82 Å². The molecule has 0 unspecified atom stereocenters. The first-order chi connectivity index (χ1) is 12.6. The van der Waals surface area contributed by atoms with Crippen molar-refractivity contribution in [1.82, 2.24) is 14.8 Å². The van der Waals surface area contributed by atoms with Gasteiger partial charge in [-0.2, -0.15) is 5.10 Å². The number of carbonyl (C=O) groups is 1. The van der Waals surface area contributed by atoms with E-state index < -0.39 is 0 Å². The average Bonchev–Trinajstić information content (AvgIpc) is 3.08. The Hall–Kier alpha value is -3.02. The minimum atomic E-state index is -0.275. The highest BCUT2D eigenvalue weighted by Crippen LogP contribution is 2.20. The number of nitrogens with one attached hydrogen (secondary N) is 1. The van der Waals surface area contributed by atoms with E-state index in [-0.39, 0.29) is 17.6 Å². The van der Waals surface area contributed by atoms with E-state index in [1.165, 1.54) is 17.7 Å². The van der Waals surface area contributed by atoms with Gasteiger partial charge in [0.25, 0.3) is 0 Å². The van der Waals surface area contributed by atoms with Gasteiger partial charge in [-0.3, -0.25) is 14.5 Å². The van der Waals surface area contributed by atoms with Crippen LogP contribution in [-0.4, -0.2) is 20.7 Å². The molecule has 3 aromatic rings. The second-order valence-corrected chi connectivity index (χ2v) is 6.27. The molecule has 5 nitrogen and oxygen atoms in total. The average molecular weight is 352 g/mol. The number of rotatable bonds is 7. The minimum Gasteiger partial charge on any atom is -0.309 e. The number of halogens is 1. The lowest BCUT2D eigenvalue weighted by Gasteiger charge is -2.11. The van der Waals surface area contributed by atoms with Crippen molar-refractivity contribution in [1.29, 1.82) is 0 Å². The number of benzene rings is 1. The van der Waals surface area contributed by atoms with Gasteiger partial charge in [0.1, 0.15) is 5.82 Å². The van der Waals surface area contributed by atoms with Crippen LogP contribution in [0.1, 0.15) is 30.4 Å². The molecular weight excluding hydrogens is 331 g/mol. The van der Waals surface area contributed by atoms with Gasteiger partial charge in [0, 0.05) is 37.6 Å². The van der Waals surface area contributed by atoms with Crippen molar-refractivity contribution >= 4 is 11.7 Å². The van der Waals surface area contributed by atoms with Crippen LogP contribution in [0.3, 0.4) is 0 Å². The largest absolute Gasteiger partial charge is 0.309 e. The molecule has 1 aromatic carbocycles. The van der Waals surface area contributed by atoms with E-state index in [4.69, 9.17) is 0 Å². The van der Waals surface area contributed by atoms with Gasteiger partial charge >= 0.3 is 0 Å². The minimum absolute atomic E-state index is 0.00405. The molecule has 1 amide bonds. The highest BCUT2D eigenvalue weighted by molar-refractivity contribution is 5.90. The number of amides is 1. The monoisotopic (exact) mass is 352 g/mol. The van der Waals surface area contributed by atoms with E-state index in [0.29, 0.717) is 12.2 Å². The fourth-order valence-corrected chi connectivity index (χ4v) is 2.73. The molecular formula is C20H21FN4O. The lowest BCUT2D eigenvalue weighted by atomic mass is 9.97. The topological polar surface area (TPSA) is 59.8 Å². The third kappa shape index (κ3) is 4.99. The maximum atomic E-state index is 13.0. The van der Waals surface area contributed by atoms with E-state index in [0.717, 1.165) is 18.5 Å². The molecule has 0 saturated heterocycles. The predicted molar refractivity (Wildman–Crippen MR) is 98.2 cm³/mol. The normalized spacial score (nSPS) is 11.9. The molecule has 6 heteroatoms. The summed E-state index contributed by atoms with van der Waals surface area (Å²) >= 11 is 0. The molecule has 2 aromatic heterocycles. The van der Waals surface area contributed by atoms with Crippen molar-refractivity contribution in [2.75, 3.05) is 5.32 Å². The van der Waals surface area contributed by atoms with E-state index in [9.17, 15) is 9.18 Å². The second-order valence-electron chi connectivity index (χ2n) is 6.27. The lowest BCUT2D eigenvalue weighted by molar-refractivity contribution is -0.116. The molecule has 0 aliphatic heterocycles. The van der Waals surface area contributed by atoms with Crippen LogP contribution in [0.15, 0.2) is 61.1 Å². The molecule has 1 atom stereocenters. The molecule has 0 fully saturated rings. The van der Waals surface area contributed by atoms with E-state index in [1.807, 2.05) is 25.3 Å². The number of aromatic nitrogens is 3. The molecule has 0 bridgehead atoms. The summed E-state index contributed by atoms with van der Waals surface area (Å²) < 4.78 is 14.8. The van der Waals surface area contributed by atoms with E-state index in [1.54, 1.807) is 35.3 Å². The van der Waals surface area contributed by atoms with Crippen LogP contribution in [0.4, 0.5) is 10.2 Å². The Bertz CT molecular complexity index is 846. The van der Waals surface area contributed by atoms with Crippen LogP contribution >= 0.6 is 0 Å². The van der Waals surface area contributed by atoms with Crippen molar-refractivity contribution in [2.24, 2.45) is 0 Å². The molecule has 1 N–H and O–H groups in total. The summed E-state index contributed by atoms with van der Waals surface area (Å²) in [5.74, 6) is 0.157. The van der Waals surface area contributed by atoms with Crippen LogP contribution in [0.5, 0.6) is 0 Å². The van der Waals surface area contributed by atoms with Crippen LogP contribution in [0.25, 0.3) is 0 Å². The molecule has 0 aliphatic rings. The van der Waals surface area contributed by atoms with Gasteiger partial charge in [-0.25, -0.2) is 4.39 Å². The maximum Gasteiger partial charge on any atom is 0.226 e. The van der Waals surface area contributed by atoms with Gasteiger partial charge in [0.2, 0.25) is 5.91 Å². The zero-order valence-electron chi connectivity index (χ0n) is 14.6. The highest BCUT2D eigenvalue weighted by atomic mass is 19.1. The summed E-state index contributed by atoms with van der Waals surface area (Å²) in [6.45, 7) is 2.67. The van der Waals surface area contributed by atoms with Crippen molar-refractivity contribution in [3.05, 3.63) is 78.0 Å². The van der Waals surface area contributed by atoms with Crippen molar-refractivity contribution in [3.63, 3.8) is 0 Å². The van der Waals surface area contributed by atoms with Gasteiger partial charge in [-0.1, -0.05) is 19.1 Å². The summed E-state index contributed by atoms with van der Waals surface area (Å²) in [6, 6.07) is 12.0. The Labute approximate surface area is 151 Å². The van der Waals surface area contributed by atoms with Gasteiger partial charge in [-0.15, -0.1) is 0 Å². The molecule has 2 heterocycles. The summed E-state index contributed by atoms with van der Waals surface area (Å²) in [4.78, 5) is 16.2. The second kappa shape index (κ2) is 8.38. The van der Waals surface area contributed by atoms with Gasteiger partial charge in [0.05, 0.1) is 0 Å². The molecule has 134 valence electrons. The summed E-state index contributed by atoms with van der Waals surface area (Å²) in [6.07, 6.45) is 6.55.